The summed E-state index contributed by atoms with van der Waals surface area (Å²) in [5.74, 6) is 0. The van der Waals surface area contributed by atoms with Crippen molar-refractivity contribution in [1.82, 2.24) is 5.32 Å². The maximum absolute atomic E-state index is 3.51. The fraction of sp³-hybridized carbons (Fsp3) is 0.556. The highest BCUT2D eigenvalue weighted by Crippen LogP contribution is 2.32. The lowest BCUT2D eigenvalue weighted by Crippen LogP contribution is -2.41. The van der Waals surface area contributed by atoms with Crippen molar-refractivity contribution >= 4 is 11.3 Å². The van der Waals surface area contributed by atoms with Crippen molar-refractivity contribution in [3.8, 4) is 0 Å². The molecule has 11 heavy (non-hydrogen) atoms. The molecule has 0 spiro atoms. The van der Waals surface area contributed by atoms with Crippen LogP contribution < -0.4 is 5.32 Å². The van der Waals surface area contributed by atoms with Crippen molar-refractivity contribution in [2.24, 2.45) is 0 Å². The Hall–Kier alpha value is -0.340. The van der Waals surface area contributed by atoms with Crippen molar-refractivity contribution in [1.29, 1.82) is 0 Å². The molecule has 1 aliphatic heterocycles. The van der Waals surface area contributed by atoms with Crippen molar-refractivity contribution in [3.63, 3.8) is 0 Å². The van der Waals surface area contributed by atoms with E-state index in [9.17, 15) is 0 Å². The standard InChI is InChI=1S/C9H13NS/c1-9(2)8-7(3-5-10-9)4-6-11-8/h4,6,10H,3,5H2,1-2H3. The summed E-state index contributed by atoms with van der Waals surface area (Å²) in [5, 5.41) is 5.70. The predicted octanol–water partition coefficient (Wildman–Crippen LogP) is 2.13. The van der Waals surface area contributed by atoms with E-state index in [0.29, 0.717) is 0 Å². The second-order valence-electron chi connectivity index (χ2n) is 3.58. The number of nitrogens with one attached hydrogen (secondary N) is 1. The molecule has 1 N–H and O–H groups in total. The SMILES string of the molecule is CC1(C)NCCc2ccsc21. The first kappa shape index (κ1) is 7.32. The maximum atomic E-state index is 3.51. The topological polar surface area (TPSA) is 12.0 Å². The van der Waals surface area contributed by atoms with Crippen LogP contribution in [0.25, 0.3) is 0 Å². The smallest absolute Gasteiger partial charge is 0.0474 e. The van der Waals surface area contributed by atoms with Crippen LogP contribution in [0.1, 0.15) is 24.3 Å². The Labute approximate surface area is 71.4 Å². The number of thiophene rings is 1. The lowest BCUT2D eigenvalue weighted by molar-refractivity contribution is 0.391. The predicted molar refractivity (Wildman–Crippen MR) is 49.1 cm³/mol. The maximum Gasteiger partial charge on any atom is 0.0474 e. The summed E-state index contributed by atoms with van der Waals surface area (Å²) in [6.07, 6.45) is 1.20. The molecule has 2 rings (SSSR count). The Bertz CT molecular complexity index is 262. The molecule has 1 aromatic rings. The van der Waals surface area contributed by atoms with Crippen LogP contribution in [0.5, 0.6) is 0 Å². The lowest BCUT2D eigenvalue weighted by Gasteiger charge is -2.31. The molecule has 0 fully saturated rings. The van der Waals surface area contributed by atoms with Gasteiger partial charge in [-0.25, -0.2) is 0 Å². The van der Waals surface area contributed by atoms with E-state index in [-0.39, 0.29) is 5.54 Å². The fourth-order valence-corrected chi connectivity index (χ4v) is 2.73. The van der Waals surface area contributed by atoms with Gasteiger partial charge >= 0.3 is 0 Å². The minimum atomic E-state index is 0.210. The van der Waals surface area contributed by atoms with Gasteiger partial charge in [0.05, 0.1) is 0 Å². The molecule has 2 heteroatoms. The molecule has 0 bridgehead atoms. The highest BCUT2D eigenvalue weighted by Gasteiger charge is 2.27. The zero-order valence-corrected chi connectivity index (χ0v) is 7.79. The second-order valence-corrected chi connectivity index (χ2v) is 4.49. The molecule has 0 aliphatic carbocycles. The van der Waals surface area contributed by atoms with Crippen LogP contribution in [-0.2, 0) is 12.0 Å². The average Bonchev–Trinajstić information content (AvgIpc) is 2.34. The third-order valence-electron chi connectivity index (χ3n) is 2.28. The molecule has 0 saturated heterocycles. The van der Waals surface area contributed by atoms with Gasteiger partial charge in [0.2, 0.25) is 0 Å². The Morgan fingerprint density at radius 1 is 1.55 bits per heavy atom. The molecule has 0 saturated carbocycles. The average molecular weight is 167 g/mol. The van der Waals surface area contributed by atoms with Crippen LogP contribution in [0.15, 0.2) is 11.4 Å². The van der Waals surface area contributed by atoms with E-state index in [1.54, 1.807) is 5.56 Å². The normalized spacial score (nSPS) is 21.3. The van der Waals surface area contributed by atoms with Crippen molar-refractivity contribution in [2.45, 2.75) is 25.8 Å². The molecule has 0 atom stereocenters. The quantitative estimate of drug-likeness (QED) is 0.624. The third-order valence-corrected chi connectivity index (χ3v) is 3.56. The summed E-state index contributed by atoms with van der Waals surface area (Å²) in [6, 6.07) is 2.25. The Morgan fingerprint density at radius 3 is 3.09 bits per heavy atom. The zero-order chi connectivity index (χ0) is 7.90. The minimum absolute atomic E-state index is 0.210. The van der Waals surface area contributed by atoms with E-state index < -0.39 is 0 Å². The van der Waals surface area contributed by atoms with Crippen LogP contribution in [0.2, 0.25) is 0 Å². The monoisotopic (exact) mass is 167 g/mol. The van der Waals surface area contributed by atoms with Gasteiger partial charge in [0.1, 0.15) is 0 Å². The van der Waals surface area contributed by atoms with Crippen molar-refractivity contribution < 1.29 is 0 Å². The minimum Gasteiger partial charge on any atom is -0.307 e. The number of rotatable bonds is 0. The first-order chi connectivity index (χ1) is 5.20. The van der Waals surface area contributed by atoms with Gasteiger partial charge in [-0.05, 0) is 37.3 Å². The van der Waals surface area contributed by atoms with Crippen LogP contribution in [-0.4, -0.2) is 6.54 Å². The summed E-state index contributed by atoms with van der Waals surface area (Å²) in [5.41, 5.74) is 1.75. The molecule has 0 unspecified atom stereocenters. The molecular formula is C9H13NS. The zero-order valence-electron chi connectivity index (χ0n) is 6.98. The van der Waals surface area contributed by atoms with Gasteiger partial charge < -0.3 is 5.32 Å². The highest BCUT2D eigenvalue weighted by atomic mass is 32.1. The van der Waals surface area contributed by atoms with E-state index in [1.165, 1.54) is 11.3 Å². The van der Waals surface area contributed by atoms with Gasteiger partial charge in [-0.15, -0.1) is 11.3 Å². The van der Waals surface area contributed by atoms with Crippen LogP contribution in [0, 0.1) is 0 Å². The van der Waals surface area contributed by atoms with Gasteiger partial charge in [-0.2, -0.15) is 0 Å². The number of hydrogen-bond acceptors (Lipinski definition) is 2. The molecule has 1 aliphatic rings. The number of hydrogen-bond donors (Lipinski definition) is 1. The molecule has 60 valence electrons. The molecular weight excluding hydrogens is 154 g/mol. The molecule has 0 radical (unpaired) electrons. The Kier molecular flexibility index (Phi) is 1.55. The summed E-state index contributed by atoms with van der Waals surface area (Å²) < 4.78 is 0. The molecule has 2 heterocycles. The third kappa shape index (κ3) is 1.10. The van der Waals surface area contributed by atoms with E-state index in [2.05, 4.69) is 30.6 Å². The van der Waals surface area contributed by atoms with E-state index in [0.717, 1.165) is 6.54 Å². The first-order valence-electron chi connectivity index (χ1n) is 4.02. The Morgan fingerprint density at radius 2 is 2.36 bits per heavy atom. The van der Waals surface area contributed by atoms with Crippen molar-refractivity contribution in [2.75, 3.05) is 6.54 Å². The van der Waals surface area contributed by atoms with Gasteiger partial charge in [-0.1, -0.05) is 0 Å². The van der Waals surface area contributed by atoms with Gasteiger partial charge in [0, 0.05) is 17.0 Å². The van der Waals surface area contributed by atoms with Gasteiger partial charge in [0.15, 0.2) is 0 Å². The van der Waals surface area contributed by atoms with Crippen LogP contribution >= 0.6 is 11.3 Å². The van der Waals surface area contributed by atoms with Gasteiger partial charge in [-0.3, -0.25) is 0 Å². The lowest BCUT2D eigenvalue weighted by atomic mass is 9.94. The summed E-state index contributed by atoms with van der Waals surface area (Å²) in [4.78, 5) is 1.52. The summed E-state index contributed by atoms with van der Waals surface area (Å²) in [7, 11) is 0. The van der Waals surface area contributed by atoms with Crippen LogP contribution in [0.3, 0.4) is 0 Å². The van der Waals surface area contributed by atoms with E-state index in [4.69, 9.17) is 0 Å². The highest BCUT2D eigenvalue weighted by molar-refractivity contribution is 7.10. The van der Waals surface area contributed by atoms with Crippen molar-refractivity contribution in [3.05, 3.63) is 21.9 Å². The summed E-state index contributed by atoms with van der Waals surface area (Å²) >= 11 is 1.87. The van der Waals surface area contributed by atoms with Crippen LogP contribution in [0.4, 0.5) is 0 Å². The fourth-order valence-electron chi connectivity index (χ4n) is 1.67. The molecule has 1 aromatic heterocycles. The molecule has 1 nitrogen and oxygen atoms in total. The van der Waals surface area contributed by atoms with E-state index >= 15 is 0 Å². The second kappa shape index (κ2) is 2.32. The summed E-state index contributed by atoms with van der Waals surface area (Å²) in [6.45, 7) is 5.62. The van der Waals surface area contributed by atoms with Gasteiger partial charge in [0.25, 0.3) is 0 Å². The Balaban J connectivity index is 2.48. The largest absolute Gasteiger partial charge is 0.307 e. The number of fused-ring (bicyclic) bond motifs is 1. The van der Waals surface area contributed by atoms with E-state index in [1.807, 2.05) is 11.3 Å². The molecule has 0 amide bonds. The first-order valence-corrected chi connectivity index (χ1v) is 4.90. The molecule has 0 aromatic carbocycles.